The van der Waals surface area contributed by atoms with Crippen molar-refractivity contribution in [3.8, 4) is 5.75 Å². The summed E-state index contributed by atoms with van der Waals surface area (Å²) in [6.45, 7) is 6.99. The van der Waals surface area contributed by atoms with Gasteiger partial charge in [-0.1, -0.05) is 35.9 Å². The molecule has 2 aromatic carbocycles. The second-order valence-corrected chi connectivity index (χ2v) is 9.84. The molecule has 0 aliphatic carbocycles. The lowest BCUT2D eigenvalue weighted by Crippen LogP contribution is -2.53. The fourth-order valence-electron chi connectivity index (χ4n) is 4.43. The molecule has 0 radical (unpaired) electrons. The summed E-state index contributed by atoms with van der Waals surface area (Å²) in [5.74, 6) is 0.264. The Balaban J connectivity index is 1.67. The SMILES string of the molecule is COc1cccc(C(=O)N(CC(=O)N2CCn3cccc3C2c2ccccc2Cl)C(C)(C)C)c1. The molecule has 3 aromatic rings. The third-order valence-electron chi connectivity index (χ3n) is 6.22. The first kappa shape index (κ1) is 23.9. The number of hydrogen-bond acceptors (Lipinski definition) is 3. The fraction of sp³-hybridized carbons (Fsp3) is 0.333. The fourth-order valence-corrected chi connectivity index (χ4v) is 4.67. The van der Waals surface area contributed by atoms with E-state index in [4.69, 9.17) is 16.3 Å². The van der Waals surface area contributed by atoms with Gasteiger partial charge in [0.25, 0.3) is 5.91 Å². The van der Waals surface area contributed by atoms with Gasteiger partial charge in [-0.2, -0.15) is 0 Å². The molecule has 0 spiro atoms. The zero-order valence-electron chi connectivity index (χ0n) is 20.0. The van der Waals surface area contributed by atoms with Crippen molar-refractivity contribution in [2.45, 2.75) is 38.9 Å². The number of aromatic nitrogens is 1. The molecule has 1 aliphatic rings. The van der Waals surface area contributed by atoms with E-state index < -0.39 is 5.54 Å². The minimum Gasteiger partial charge on any atom is -0.497 e. The molecule has 0 saturated carbocycles. The number of hydrogen-bond donors (Lipinski definition) is 0. The van der Waals surface area contributed by atoms with Gasteiger partial charge in [-0.25, -0.2) is 0 Å². The molecule has 2 heterocycles. The highest BCUT2D eigenvalue weighted by Crippen LogP contribution is 2.36. The second kappa shape index (κ2) is 9.55. The average molecular weight is 480 g/mol. The highest BCUT2D eigenvalue weighted by molar-refractivity contribution is 6.31. The van der Waals surface area contributed by atoms with Gasteiger partial charge in [-0.3, -0.25) is 9.59 Å². The van der Waals surface area contributed by atoms with Crippen molar-refractivity contribution in [1.29, 1.82) is 0 Å². The molecular weight excluding hydrogens is 450 g/mol. The third-order valence-corrected chi connectivity index (χ3v) is 6.57. The van der Waals surface area contributed by atoms with Gasteiger partial charge in [0, 0.05) is 41.1 Å². The standard InChI is InChI=1S/C27H30ClN3O3/c1-27(2,3)31(26(33)19-9-7-10-20(17-19)34-4)18-24(32)30-16-15-29-14-8-13-23(29)25(30)21-11-5-6-12-22(21)28/h5-14,17,25H,15-16,18H2,1-4H3. The van der Waals surface area contributed by atoms with E-state index in [1.807, 2.05) is 68.3 Å². The maximum Gasteiger partial charge on any atom is 0.254 e. The summed E-state index contributed by atoms with van der Waals surface area (Å²) >= 11 is 6.57. The van der Waals surface area contributed by atoms with E-state index in [2.05, 4.69) is 4.57 Å². The molecule has 0 N–H and O–H groups in total. The molecule has 34 heavy (non-hydrogen) atoms. The van der Waals surface area contributed by atoms with Crippen LogP contribution >= 0.6 is 11.6 Å². The normalized spacial score (nSPS) is 15.6. The largest absolute Gasteiger partial charge is 0.497 e. The number of amides is 2. The van der Waals surface area contributed by atoms with E-state index in [0.717, 1.165) is 11.3 Å². The topological polar surface area (TPSA) is 54.8 Å². The van der Waals surface area contributed by atoms with Gasteiger partial charge in [-0.15, -0.1) is 0 Å². The minimum atomic E-state index is -0.564. The molecule has 1 aliphatic heterocycles. The molecule has 0 saturated heterocycles. The van der Waals surface area contributed by atoms with E-state index in [9.17, 15) is 9.59 Å². The molecule has 2 amide bonds. The smallest absolute Gasteiger partial charge is 0.254 e. The Labute approximate surface area is 205 Å². The maximum atomic E-state index is 13.8. The first-order valence-corrected chi connectivity index (χ1v) is 11.7. The van der Waals surface area contributed by atoms with Crippen LogP contribution in [0.2, 0.25) is 5.02 Å². The highest BCUT2D eigenvalue weighted by Gasteiger charge is 2.36. The summed E-state index contributed by atoms with van der Waals surface area (Å²) in [5.41, 5.74) is 1.80. The van der Waals surface area contributed by atoms with Crippen LogP contribution in [0.5, 0.6) is 5.75 Å². The molecule has 1 unspecified atom stereocenters. The van der Waals surface area contributed by atoms with Crippen LogP contribution in [-0.4, -0.2) is 51.9 Å². The number of halogens is 1. The summed E-state index contributed by atoms with van der Waals surface area (Å²) in [6.07, 6.45) is 2.02. The van der Waals surface area contributed by atoms with Crippen LogP contribution < -0.4 is 4.74 Å². The molecule has 1 atom stereocenters. The van der Waals surface area contributed by atoms with Crippen LogP contribution in [0.4, 0.5) is 0 Å². The van der Waals surface area contributed by atoms with Crippen molar-refractivity contribution < 1.29 is 14.3 Å². The van der Waals surface area contributed by atoms with Gasteiger partial charge in [0.2, 0.25) is 5.91 Å². The number of carbonyl (C=O) groups is 2. The van der Waals surface area contributed by atoms with Crippen LogP contribution in [0.25, 0.3) is 0 Å². The van der Waals surface area contributed by atoms with E-state index in [-0.39, 0.29) is 24.4 Å². The number of fused-ring (bicyclic) bond motifs is 1. The molecule has 7 heteroatoms. The van der Waals surface area contributed by atoms with Crippen molar-refractivity contribution in [2.24, 2.45) is 0 Å². The van der Waals surface area contributed by atoms with Gasteiger partial charge in [0.05, 0.1) is 13.2 Å². The van der Waals surface area contributed by atoms with Crippen LogP contribution in [0, 0.1) is 0 Å². The Hall–Kier alpha value is -3.25. The number of ether oxygens (including phenoxy) is 1. The maximum absolute atomic E-state index is 13.8. The first-order chi connectivity index (χ1) is 16.2. The predicted octanol–water partition coefficient (Wildman–Crippen LogP) is 5.02. The summed E-state index contributed by atoms with van der Waals surface area (Å²) in [7, 11) is 1.57. The zero-order valence-corrected chi connectivity index (χ0v) is 20.7. The van der Waals surface area contributed by atoms with Crippen molar-refractivity contribution in [3.63, 3.8) is 0 Å². The van der Waals surface area contributed by atoms with Gasteiger partial charge in [-0.05, 0) is 62.7 Å². The van der Waals surface area contributed by atoms with Crippen LogP contribution in [0.1, 0.15) is 48.4 Å². The Morgan fingerprint density at radius 1 is 1.06 bits per heavy atom. The Bertz CT molecular complexity index is 1200. The summed E-state index contributed by atoms with van der Waals surface area (Å²) < 4.78 is 7.44. The molecule has 178 valence electrons. The first-order valence-electron chi connectivity index (χ1n) is 11.4. The number of benzene rings is 2. The molecular formula is C27H30ClN3O3. The van der Waals surface area contributed by atoms with E-state index in [1.54, 1.807) is 36.3 Å². The molecule has 1 aromatic heterocycles. The summed E-state index contributed by atoms with van der Waals surface area (Å²) in [6, 6.07) is 18.3. The lowest BCUT2D eigenvalue weighted by Gasteiger charge is -2.41. The van der Waals surface area contributed by atoms with Crippen LogP contribution in [-0.2, 0) is 11.3 Å². The van der Waals surface area contributed by atoms with Crippen molar-refractivity contribution >= 4 is 23.4 Å². The van der Waals surface area contributed by atoms with Crippen molar-refractivity contribution in [1.82, 2.24) is 14.4 Å². The Morgan fingerprint density at radius 2 is 1.82 bits per heavy atom. The minimum absolute atomic E-state index is 0.0405. The van der Waals surface area contributed by atoms with Crippen molar-refractivity contribution in [2.75, 3.05) is 20.2 Å². The lowest BCUT2D eigenvalue weighted by molar-refractivity contribution is -0.135. The number of nitrogens with zero attached hydrogens (tertiary/aromatic N) is 3. The Morgan fingerprint density at radius 3 is 2.53 bits per heavy atom. The molecule has 0 bridgehead atoms. The van der Waals surface area contributed by atoms with Crippen molar-refractivity contribution in [3.05, 3.63) is 88.7 Å². The van der Waals surface area contributed by atoms with Gasteiger partial charge in [0.1, 0.15) is 12.3 Å². The number of methoxy groups -OCH3 is 1. The van der Waals surface area contributed by atoms with Crippen LogP contribution in [0.3, 0.4) is 0 Å². The molecule has 4 rings (SSSR count). The van der Waals surface area contributed by atoms with Gasteiger partial charge in [0.15, 0.2) is 0 Å². The second-order valence-electron chi connectivity index (χ2n) is 9.43. The van der Waals surface area contributed by atoms with E-state index in [1.165, 1.54) is 0 Å². The molecule has 6 nitrogen and oxygen atoms in total. The monoisotopic (exact) mass is 479 g/mol. The number of rotatable bonds is 5. The van der Waals surface area contributed by atoms with E-state index >= 15 is 0 Å². The quantitative estimate of drug-likeness (QED) is 0.516. The van der Waals surface area contributed by atoms with Gasteiger partial charge >= 0.3 is 0 Å². The highest BCUT2D eigenvalue weighted by atomic mass is 35.5. The van der Waals surface area contributed by atoms with Gasteiger partial charge < -0.3 is 19.1 Å². The van der Waals surface area contributed by atoms with Crippen LogP contribution in [0.15, 0.2) is 66.9 Å². The third kappa shape index (κ3) is 4.68. The summed E-state index contributed by atoms with van der Waals surface area (Å²) in [5, 5.41) is 0.611. The average Bonchev–Trinajstić information content (AvgIpc) is 3.30. The van der Waals surface area contributed by atoms with E-state index in [0.29, 0.717) is 29.4 Å². The predicted molar refractivity (Wildman–Crippen MR) is 133 cm³/mol. The number of carbonyl (C=O) groups excluding carboxylic acids is 2. The zero-order chi connectivity index (χ0) is 24.5. The molecule has 0 fully saturated rings. The Kier molecular flexibility index (Phi) is 6.71. The lowest BCUT2D eigenvalue weighted by atomic mass is 9.99. The summed E-state index contributed by atoms with van der Waals surface area (Å²) in [4.78, 5) is 30.8.